The molecule has 2 heterocycles. The normalized spacial score (nSPS) is 34.1. The van der Waals surface area contributed by atoms with Crippen LogP contribution in [0.2, 0.25) is 0 Å². The minimum Gasteiger partial charge on any atom is -0.542 e. The van der Waals surface area contributed by atoms with Gasteiger partial charge in [0.1, 0.15) is 24.9 Å². The van der Waals surface area contributed by atoms with Gasteiger partial charge in [0.25, 0.3) is 0 Å². The number of ketones is 1. The van der Waals surface area contributed by atoms with Crippen LogP contribution in [0.25, 0.3) is 11.8 Å². The average Bonchev–Trinajstić information content (AvgIpc) is 3.75. The number of allylic oxidation sites excluding steroid dienone is 1. The number of halogens is 4. The fourth-order valence-corrected chi connectivity index (χ4v) is 10.5. The molecule has 1 aliphatic heterocycles. The summed E-state index contributed by atoms with van der Waals surface area (Å²) in [6.07, 6.45) is 3.30. The highest BCUT2D eigenvalue weighted by Crippen LogP contribution is 2.70. The molecule has 4 fully saturated rings. The number of hydrogen-bond acceptors (Lipinski definition) is 9. The number of fused-ring (bicyclic) bond motifs is 8. The van der Waals surface area contributed by atoms with Crippen molar-refractivity contribution in [3.8, 4) is 5.69 Å². The highest BCUT2D eigenvalue weighted by molar-refractivity contribution is 5.91. The lowest BCUT2D eigenvalue weighted by atomic mass is 9.45. The predicted octanol–water partition coefficient (Wildman–Crippen LogP) is 2.61. The molecule has 0 amide bonds. The molecule has 0 unspecified atom stereocenters. The van der Waals surface area contributed by atoms with Crippen molar-refractivity contribution < 1.29 is 63.8 Å². The second-order valence-corrected chi connectivity index (χ2v) is 15.7. The van der Waals surface area contributed by atoms with Crippen LogP contribution in [0.15, 0.2) is 30.0 Å². The molecular weight excluding hydrogens is 702 g/mol. The summed E-state index contributed by atoms with van der Waals surface area (Å²) in [6.45, 7) is 7.19. The van der Waals surface area contributed by atoms with Gasteiger partial charge in [-0.1, -0.05) is 32.8 Å². The highest BCUT2D eigenvalue weighted by atomic mass is 19.4. The summed E-state index contributed by atoms with van der Waals surface area (Å²) in [7, 11) is 0. The van der Waals surface area contributed by atoms with Crippen LogP contribution in [-0.2, 0) is 32.0 Å². The van der Waals surface area contributed by atoms with Gasteiger partial charge in [-0.15, -0.1) is 0 Å². The third-order valence-electron chi connectivity index (χ3n) is 12.7. The van der Waals surface area contributed by atoms with Crippen LogP contribution in [-0.4, -0.2) is 86.9 Å². The average molecular weight is 754 g/mol. The van der Waals surface area contributed by atoms with Gasteiger partial charge in [-0.05, 0) is 91.5 Å². The van der Waals surface area contributed by atoms with Crippen LogP contribution in [0, 0.1) is 34.4 Å². The lowest BCUT2D eigenvalue weighted by Crippen LogP contribution is -2.82. The number of nitrogens with zero attached hydrogens (tertiary/aromatic N) is 2. The number of rotatable bonds is 10. The number of Topliss-reactive ketones (excluding diaryl/α,β-unsaturated/α-hetero) is 1. The van der Waals surface area contributed by atoms with Crippen molar-refractivity contribution in [2.24, 2.45) is 28.6 Å². The number of carboxylic acid groups (broad SMARTS) is 1. The minimum atomic E-state index is -5.19. The molecule has 1 aromatic carbocycles. The predicted molar refractivity (Wildman–Crippen MR) is 181 cm³/mol. The smallest absolute Gasteiger partial charge is 0.430 e. The van der Waals surface area contributed by atoms with Crippen molar-refractivity contribution in [2.75, 3.05) is 19.8 Å². The second-order valence-electron chi connectivity index (χ2n) is 15.7. The molecule has 0 bridgehead atoms. The van der Waals surface area contributed by atoms with Gasteiger partial charge < -0.3 is 40.0 Å². The first kappa shape index (κ1) is 39.5. The Kier molecular flexibility index (Phi) is 11.0. The minimum absolute atomic E-state index is 0. The summed E-state index contributed by atoms with van der Waals surface area (Å²) in [6, 6.07) is 5.13. The van der Waals surface area contributed by atoms with Crippen LogP contribution in [0.1, 0.15) is 84.0 Å². The zero-order valence-electron chi connectivity index (χ0n) is 30.2. The van der Waals surface area contributed by atoms with E-state index < -0.39 is 48.3 Å². The first-order valence-electron chi connectivity index (χ1n) is 18.5. The summed E-state index contributed by atoms with van der Waals surface area (Å²) >= 11 is 0. The molecule has 7 rings (SSSR count). The standard InChI is InChI=1S/C36H48FN3O6.C2HF3O2.H2/c1-4-6-32-45-31-15-26-25-9-7-23-14-28-22(19-39-40(28)24-8-10-27(37)21(13-24)18-38-11-5-12-41)16-34(23,2)33(25)29(43)17-35(26,3)36(31,46-32)30(44)20-42;3-2(4,5)1(6)7;/h8,10,13-14,19,25-26,29,31-33,38,41-43H,4-7,9,11-12,15-18,20H2,1-3H3;(H,6,7);1H/t25-,26-,29-,31+,32-,33+,34-,35-,36+;;/m0../s1. The van der Waals surface area contributed by atoms with Crippen LogP contribution < -0.4 is 10.4 Å². The van der Waals surface area contributed by atoms with Gasteiger partial charge >= 0.3 is 6.18 Å². The van der Waals surface area contributed by atoms with E-state index >= 15 is 0 Å². The summed E-state index contributed by atoms with van der Waals surface area (Å²) < 4.78 is 61.1. The third-order valence-corrected chi connectivity index (χ3v) is 12.7. The molecule has 9 atom stereocenters. The maximum Gasteiger partial charge on any atom is 0.430 e. The van der Waals surface area contributed by atoms with Gasteiger partial charge in [0.05, 0.1) is 36.3 Å². The topological polar surface area (TPSA) is 171 Å². The molecule has 15 heteroatoms. The first-order valence-corrected chi connectivity index (χ1v) is 18.5. The molecule has 1 aromatic heterocycles. The molecule has 3 saturated carbocycles. The van der Waals surface area contributed by atoms with E-state index in [-0.39, 0.29) is 42.8 Å². The quantitative estimate of drug-likeness (QED) is 0.211. The fraction of sp³-hybridized carbons (Fsp3) is 0.658. The Morgan fingerprint density at radius 2 is 1.96 bits per heavy atom. The molecule has 0 radical (unpaired) electrons. The van der Waals surface area contributed by atoms with E-state index in [4.69, 9.17) is 29.6 Å². The Labute approximate surface area is 306 Å². The van der Waals surface area contributed by atoms with Crippen molar-refractivity contribution in [2.45, 2.75) is 109 Å². The van der Waals surface area contributed by atoms with Crippen molar-refractivity contribution in [3.63, 3.8) is 0 Å². The van der Waals surface area contributed by atoms with Crippen LogP contribution in [0.3, 0.4) is 0 Å². The van der Waals surface area contributed by atoms with Crippen molar-refractivity contribution in [1.82, 2.24) is 9.78 Å². The molecule has 0 spiro atoms. The molecular formula is C38H51F4N3O8. The molecule has 53 heavy (non-hydrogen) atoms. The Balaban J connectivity index is 0.000000641. The van der Waals surface area contributed by atoms with Crippen LogP contribution >= 0.6 is 0 Å². The van der Waals surface area contributed by atoms with Crippen LogP contribution in [0.5, 0.6) is 0 Å². The highest BCUT2D eigenvalue weighted by Gasteiger charge is 2.75. The van der Waals surface area contributed by atoms with Gasteiger partial charge in [-0.25, -0.2) is 9.07 Å². The van der Waals surface area contributed by atoms with Crippen molar-refractivity contribution >= 4 is 17.8 Å². The lowest BCUT2D eigenvalue weighted by Gasteiger charge is -2.60. The fourth-order valence-electron chi connectivity index (χ4n) is 10.5. The Hall–Kier alpha value is -3.21. The number of benzene rings is 1. The van der Waals surface area contributed by atoms with Gasteiger partial charge in [-0.2, -0.15) is 18.3 Å². The lowest BCUT2D eigenvalue weighted by molar-refractivity contribution is -0.671. The van der Waals surface area contributed by atoms with Crippen molar-refractivity contribution in [1.29, 1.82) is 0 Å². The zero-order valence-corrected chi connectivity index (χ0v) is 30.2. The molecule has 5 N–H and O–H groups in total. The molecule has 1 saturated heterocycles. The first-order chi connectivity index (χ1) is 25.0. The number of quaternary nitrogens is 1. The number of carbonyl (C=O) groups excluding carboxylic acids is 2. The number of nitrogens with two attached hydrogens (primary N) is 1. The zero-order chi connectivity index (χ0) is 38.5. The van der Waals surface area contributed by atoms with Gasteiger partial charge in [0.15, 0.2) is 17.7 Å². The molecule has 5 aliphatic rings. The summed E-state index contributed by atoms with van der Waals surface area (Å²) in [5.41, 5.74) is 2.69. The molecule has 11 nitrogen and oxygen atoms in total. The summed E-state index contributed by atoms with van der Waals surface area (Å²) in [5, 5.41) is 46.9. The number of aliphatic carboxylic acids is 1. The van der Waals surface area contributed by atoms with Gasteiger partial charge in [0.2, 0.25) is 0 Å². The van der Waals surface area contributed by atoms with E-state index in [1.807, 2.05) is 22.3 Å². The van der Waals surface area contributed by atoms with E-state index in [1.54, 1.807) is 6.07 Å². The van der Waals surface area contributed by atoms with E-state index in [1.165, 1.54) is 11.6 Å². The molecule has 2 aromatic rings. The van der Waals surface area contributed by atoms with Crippen molar-refractivity contribution in [3.05, 3.63) is 52.6 Å². The Morgan fingerprint density at radius 1 is 1.23 bits per heavy atom. The van der Waals surface area contributed by atoms with Gasteiger partial charge in [0, 0.05) is 25.4 Å². The summed E-state index contributed by atoms with van der Waals surface area (Å²) in [5.74, 6) is -3.27. The second kappa shape index (κ2) is 14.8. The Morgan fingerprint density at radius 3 is 2.62 bits per heavy atom. The summed E-state index contributed by atoms with van der Waals surface area (Å²) in [4.78, 5) is 22.4. The number of aliphatic hydroxyl groups is 3. The van der Waals surface area contributed by atoms with Crippen LogP contribution in [0.4, 0.5) is 17.6 Å². The molecule has 4 aliphatic carbocycles. The maximum atomic E-state index is 14.7. The number of carboxylic acids is 1. The van der Waals surface area contributed by atoms with E-state index in [2.05, 4.69) is 26.8 Å². The third kappa shape index (κ3) is 6.64. The number of alkyl halides is 3. The van der Waals surface area contributed by atoms with E-state index in [0.29, 0.717) is 37.8 Å². The SMILES string of the molecule is CCC[C@H]1O[C@@H]2C[C@H]3[C@@H]4CCC5=Cc6c(cnn6-c6ccc(F)c(C[NH2+]CCCO)c6)C[C@]5(C)[C@H]4[C@@H](O)C[C@]3(C)[C@]2(C(=O)CO)O1.O=C([O-])C(F)(F)F.[HH]. The monoisotopic (exact) mass is 753 g/mol. The number of aromatic nitrogens is 2. The Bertz CT molecular complexity index is 1740. The van der Waals surface area contributed by atoms with E-state index in [0.717, 1.165) is 49.2 Å². The number of ether oxygens (including phenoxy) is 2. The maximum absolute atomic E-state index is 14.7. The molecule has 294 valence electrons. The number of carbonyl (C=O) groups is 2. The van der Waals surface area contributed by atoms with E-state index in [9.17, 15) is 32.6 Å². The van der Waals surface area contributed by atoms with Gasteiger partial charge in [-0.3, -0.25) is 4.79 Å². The largest absolute Gasteiger partial charge is 0.542 e. The number of hydrogen-bond donors (Lipinski definition) is 4. The number of aliphatic hydroxyl groups excluding tert-OH is 3.